The third kappa shape index (κ3) is 8.34. The van der Waals surface area contributed by atoms with Gasteiger partial charge in [-0.2, -0.15) is 0 Å². The van der Waals surface area contributed by atoms with E-state index >= 15 is 0 Å². The van der Waals surface area contributed by atoms with Gasteiger partial charge in [-0.3, -0.25) is 9.59 Å². The third-order valence-electron chi connectivity index (χ3n) is 2.81. The van der Waals surface area contributed by atoms with Crippen LogP contribution in [0.1, 0.15) is 32.1 Å². The van der Waals surface area contributed by atoms with Crippen molar-refractivity contribution in [2.45, 2.75) is 37.0 Å². The molecular weight excluding hydrogens is 293 g/mol. The van der Waals surface area contributed by atoms with E-state index in [0.717, 1.165) is 12.8 Å². The van der Waals surface area contributed by atoms with Crippen molar-refractivity contribution in [2.75, 3.05) is 12.3 Å². The molecule has 0 atom stereocenters. The zero-order valence-electron chi connectivity index (χ0n) is 11.8. The van der Waals surface area contributed by atoms with Gasteiger partial charge in [0.2, 0.25) is 5.91 Å². The maximum atomic E-state index is 13.3. The minimum Gasteiger partial charge on any atom is -0.481 e. The first-order valence-electron chi connectivity index (χ1n) is 6.95. The number of carbonyl (C=O) groups excluding carboxylic acids is 1. The Kier molecular flexibility index (Phi) is 8.50. The highest BCUT2D eigenvalue weighted by Gasteiger charge is 2.04. The molecule has 0 radical (unpaired) electrons. The Morgan fingerprint density at radius 1 is 1.14 bits per heavy atom. The van der Waals surface area contributed by atoms with Gasteiger partial charge in [0.15, 0.2) is 0 Å². The second kappa shape index (κ2) is 10.2. The van der Waals surface area contributed by atoms with Gasteiger partial charge in [0, 0.05) is 30.0 Å². The van der Waals surface area contributed by atoms with E-state index in [2.05, 4.69) is 5.32 Å². The average molecular weight is 313 g/mol. The molecule has 4 nitrogen and oxygen atoms in total. The van der Waals surface area contributed by atoms with Gasteiger partial charge in [-0.1, -0.05) is 18.6 Å². The second-order valence-electron chi connectivity index (χ2n) is 4.58. The van der Waals surface area contributed by atoms with Crippen LogP contribution in [0.25, 0.3) is 0 Å². The lowest BCUT2D eigenvalue weighted by molar-refractivity contribution is -0.137. The van der Waals surface area contributed by atoms with Crippen molar-refractivity contribution in [1.82, 2.24) is 5.32 Å². The minimum atomic E-state index is -0.788. The number of amides is 1. The number of unbranched alkanes of at least 4 members (excludes halogenated alkanes) is 2. The Morgan fingerprint density at radius 2 is 1.90 bits per heavy atom. The molecule has 1 aromatic rings. The molecule has 0 bridgehead atoms. The quantitative estimate of drug-likeness (QED) is 0.514. The molecule has 0 aliphatic rings. The number of nitrogens with one attached hydrogen (secondary N) is 1. The van der Waals surface area contributed by atoms with Crippen LogP contribution in [0.15, 0.2) is 29.2 Å². The van der Waals surface area contributed by atoms with Crippen molar-refractivity contribution < 1.29 is 19.1 Å². The molecule has 0 saturated carbocycles. The fourth-order valence-electron chi connectivity index (χ4n) is 1.71. The normalized spacial score (nSPS) is 10.3. The van der Waals surface area contributed by atoms with Crippen LogP contribution in [0.3, 0.4) is 0 Å². The fraction of sp³-hybridized carbons (Fsp3) is 0.467. The number of benzene rings is 1. The molecule has 0 aromatic heterocycles. The highest BCUT2D eigenvalue weighted by atomic mass is 32.2. The number of carbonyl (C=O) groups is 2. The summed E-state index contributed by atoms with van der Waals surface area (Å²) in [5, 5.41) is 11.2. The van der Waals surface area contributed by atoms with Crippen LogP contribution in [0, 0.1) is 5.82 Å². The summed E-state index contributed by atoms with van der Waals surface area (Å²) in [7, 11) is 0. The van der Waals surface area contributed by atoms with Gasteiger partial charge in [0.25, 0.3) is 0 Å². The number of hydrogen-bond donors (Lipinski definition) is 2. The molecular formula is C15H20FNO3S. The van der Waals surface area contributed by atoms with E-state index in [1.165, 1.54) is 17.8 Å². The van der Waals surface area contributed by atoms with Crippen molar-refractivity contribution in [3.05, 3.63) is 30.1 Å². The number of aliphatic carboxylic acids is 1. The van der Waals surface area contributed by atoms with E-state index in [4.69, 9.17) is 5.11 Å². The molecule has 116 valence electrons. The molecule has 1 rings (SSSR count). The maximum absolute atomic E-state index is 13.3. The first kappa shape index (κ1) is 17.5. The number of carboxylic acids is 1. The van der Waals surface area contributed by atoms with E-state index in [0.29, 0.717) is 30.0 Å². The van der Waals surface area contributed by atoms with E-state index in [1.54, 1.807) is 18.2 Å². The predicted octanol–water partition coefficient (Wildman–Crippen LogP) is 3.07. The summed E-state index contributed by atoms with van der Waals surface area (Å²) in [6.45, 7) is 0.558. The van der Waals surface area contributed by atoms with Crippen LogP contribution in [0.5, 0.6) is 0 Å². The molecule has 21 heavy (non-hydrogen) atoms. The number of hydrogen-bond acceptors (Lipinski definition) is 3. The molecule has 2 N–H and O–H groups in total. The first-order chi connectivity index (χ1) is 10.1. The van der Waals surface area contributed by atoms with Gasteiger partial charge in [0.05, 0.1) is 0 Å². The summed E-state index contributed by atoms with van der Waals surface area (Å²) in [5.74, 6) is -0.575. The zero-order valence-corrected chi connectivity index (χ0v) is 12.6. The van der Waals surface area contributed by atoms with E-state index in [1.807, 2.05) is 0 Å². The van der Waals surface area contributed by atoms with E-state index in [-0.39, 0.29) is 18.1 Å². The number of halogens is 1. The minimum absolute atomic E-state index is 0.0583. The van der Waals surface area contributed by atoms with E-state index < -0.39 is 5.97 Å². The number of rotatable bonds is 10. The van der Waals surface area contributed by atoms with Gasteiger partial charge in [0.1, 0.15) is 5.82 Å². The van der Waals surface area contributed by atoms with Crippen LogP contribution < -0.4 is 5.32 Å². The highest BCUT2D eigenvalue weighted by molar-refractivity contribution is 7.99. The Balaban J connectivity index is 2.04. The summed E-state index contributed by atoms with van der Waals surface area (Å²) >= 11 is 1.32. The molecule has 0 spiro atoms. The summed E-state index contributed by atoms with van der Waals surface area (Å²) in [6.07, 6.45) is 2.71. The van der Waals surface area contributed by atoms with Crippen LogP contribution >= 0.6 is 11.8 Å². The highest BCUT2D eigenvalue weighted by Crippen LogP contribution is 2.21. The van der Waals surface area contributed by atoms with Crippen LogP contribution in [0.2, 0.25) is 0 Å². The van der Waals surface area contributed by atoms with Crippen molar-refractivity contribution in [2.24, 2.45) is 0 Å². The Hall–Kier alpha value is -1.56. The molecule has 1 aromatic carbocycles. The van der Waals surface area contributed by atoms with Crippen LogP contribution in [-0.2, 0) is 9.59 Å². The fourth-order valence-corrected chi connectivity index (χ4v) is 2.60. The van der Waals surface area contributed by atoms with Gasteiger partial charge in [-0.15, -0.1) is 11.8 Å². The maximum Gasteiger partial charge on any atom is 0.303 e. The lowest BCUT2D eigenvalue weighted by Gasteiger charge is -2.05. The molecule has 0 unspecified atom stereocenters. The zero-order chi connectivity index (χ0) is 15.5. The van der Waals surface area contributed by atoms with Crippen LogP contribution in [0.4, 0.5) is 4.39 Å². The largest absolute Gasteiger partial charge is 0.481 e. The van der Waals surface area contributed by atoms with Crippen molar-refractivity contribution in [1.29, 1.82) is 0 Å². The Morgan fingerprint density at radius 3 is 2.62 bits per heavy atom. The summed E-state index contributed by atoms with van der Waals surface area (Å²) in [5.41, 5.74) is 0. The third-order valence-corrected chi connectivity index (χ3v) is 3.86. The van der Waals surface area contributed by atoms with Gasteiger partial charge in [-0.25, -0.2) is 4.39 Å². The van der Waals surface area contributed by atoms with E-state index in [9.17, 15) is 14.0 Å². The average Bonchev–Trinajstić information content (AvgIpc) is 2.44. The van der Waals surface area contributed by atoms with Gasteiger partial charge >= 0.3 is 5.97 Å². The van der Waals surface area contributed by atoms with Gasteiger partial charge < -0.3 is 10.4 Å². The number of carboxylic acid groups (broad SMARTS) is 1. The summed E-state index contributed by atoms with van der Waals surface area (Å²) in [6, 6.07) is 6.50. The van der Waals surface area contributed by atoms with Crippen LogP contribution in [-0.4, -0.2) is 29.3 Å². The topological polar surface area (TPSA) is 66.4 Å². The van der Waals surface area contributed by atoms with Crippen molar-refractivity contribution >= 4 is 23.6 Å². The van der Waals surface area contributed by atoms with Gasteiger partial charge in [-0.05, 0) is 25.0 Å². The molecule has 0 fully saturated rings. The monoisotopic (exact) mass is 313 g/mol. The molecule has 0 saturated heterocycles. The molecule has 6 heteroatoms. The smallest absolute Gasteiger partial charge is 0.303 e. The molecule has 0 heterocycles. The second-order valence-corrected chi connectivity index (χ2v) is 5.72. The first-order valence-corrected chi connectivity index (χ1v) is 7.94. The standard InChI is InChI=1S/C15H20FNO3S/c16-12-6-3-4-7-13(12)21-11-9-14(18)17-10-5-1-2-8-15(19)20/h3-4,6-7H,1-2,5,8-11H2,(H,17,18)(H,19,20). The SMILES string of the molecule is O=C(O)CCCCCNC(=O)CCSc1ccccc1F. The Labute approximate surface area is 128 Å². The Bertz CT molecular complexity index is 468. The predicted molar refractivity (Wildman–Crippen MR) is 80.9 cm³/mol. The summed E-state index contributed by atoms with van der Waals surface area (Å²) < 4.78 is 13.3. The molecule has 0 aliphatic heterocycles. The lowest BCUT2D eigenvalue weighted by atomic mass is 10.2. The number of thioether (sulfide) groups is 1. The summed E-state index contributed by atoms with van der Waals surface area (Å²) in [4.78, 5) is 22.4. The molecule has 1 amide bonds. The lowest BCUT2D eigenvalue weighted by Crippen LogP contribution is -2.24. The van der Waals surface area contributed by atoms with Crippen molar-refractivity contribution in [3.8, 4) is 0 Å². The molecule has 0 aliphatic carbocycles. The van der Waals surface area contributed by atoms with Crippen molar-refractivity contribution in [3.63, 3.8) is 0 Å².